The fourth-order valence-electron chi connectivity index (χ4n) is 1.58. The van der Waals surface area contributed by atoms with Gasteiger partial charge in [0.2, 0.25) is 0 Å². The van der Waals surface area contributed by atoms with Crippen LogP contribution in [0.1, 0.15) is 17.4 Å². The molecule has 1 heterocycles. The van der Waals surface area contributed by atoms with Crippen molar-refractivity contribution in [3.05, 3.63) is 58.0 Å². The van der Waals surface area contributed by atoms with Gasteiger partial charge in [0.15, 0.2) is 0 Å². The van der Waals surface area contributed by atoms with E-state index in [1.54, 1.807) is 6.92 Å². The summed E-state index contributed by atoms with van der Waals surface area (Å²) >= 11 is 0. The molecule has 0 unspecified atom stereocenters. The Morgan fingerprint density at radius 2 is 2.05 bits per heavy atom. The summed E-state index contributed by atoms with van der Waals surface area (Å²) in [6, 6.07) is 5.13. The second-order valence-electron chi connectivity index (χ2n) is 3.95. The minimum Gasteiger partial charge on any atom is -0.318 e. The minimum absolute atomic E-state index is 0.0601. The number of anilines is 1. The van der Waals surface area contributed by atoms with Gasteiger partial charge in [-0.15, -0.1) is 0 Å². The smallest absolute Gasteiger partial charge is 0.276 e. The fourth-order valence-corrected chi connectivity index (χ4v) is 1.58. The van der Waals surface area contributed by atoms with E-state index in [1.807, 2.05) is 0 Å². The summed E-state index contributed by atoms with van der Waals surface area (Å²) in [6.07, 6.45) is 0. The zero-order chi connectivity index (χ0) is 14.7. The molecule has 2 aromatic rings. The molecule has 0 bridgehead atoms. The molecule has 0 atom stereocenters. The van der Waals surface area contributed by atoms with E-state index in [1.165, 1.54) is 12.1 Å². The first-order valence-electron chi connectivity index (χ1n) is 5.86. The number of carbonyl (C=O) groups excluding carboxylic acids is 1. The normalized spacial score (nSPS) is 10.3. The Bertz CT molecular complexity index is 713. The molecule has 0 spiro atoms. The van der Waals surface area contributed by atoms with Crippen molar-refractivity contribution >= 4 is 11.6 Å². The summed E-state index contributed by atoms with van der Waals surface area (Å²) in [6.45, 7) is 2.00. The number of halogens is 2. The van der Waals surface area contributed by atoms with E-state index in [-0.39, 0.29) is 16.9 Å². The highest BCUT2D eigenvalue weighted by Gasteiger charge is 2.12. The highest BCUT2D eigenvalue weighted by molar-refractivity contribution is 6.02. The molecule has 1 aromatic heterocycles. The lowest BCUT2D eigenvalue weighted by Gasteiger charge is -2.07. The van der Waals surface area contributed by atoms with Crippen LogP contribution >= 0.6 is 0 Å². The van der Waals surface area contributed by atoms with E-state index in [9.17, 15) is 18.4 Å². The molecule has 0 aliphatic rings. The van der Waals surface area contributed by atoms with Crippen molar-refractivity contribution < 1.29 is 13.6 Å². The van der Waals surface area contributed by atoms with Gasteiger partial charge in [-0.3, -0.25) is 9.59 Å². The third-order valence-electron chi connectivity index (χ3n) is 2.58. The average molecular weight is 279 g/mol. The van der Waals surface area contributed by atoms with Crippen LogP contribution in [-0.4, -0.2) is 15.7 Å². The lowest BCUT2D eigenvalue weighted by Crippen LogP contribution is -2.25. The largest absolute Gasteiger partial charge is 0.318 e. The molecular weight excluding hydrogens is 268 g/mol. The predicted molar refractivity (Wildman–Crippen MR) is 68.5 cm³/mol. The summed E-state index contributed by atoms with van der Waals surface area (Å²) in [5.74, 6) is -2.16. The first-order chi connectivity index (χ1) is 9.51. The Labute approximate surface area is 112 Å². The summed E-state index contributed by atoms with van der Waals surface area (Å²) < 4.78 is 27.5. The lowest BCUT2D eigenvalue weighted by molar-refractivity contribution is 0.101. The Balaban J connectivity index is 2.28. The topological polar surface area (TPSA) is 64.0 Å². The van der Waals surface area contributed by atoms with Crippen LogP contribution in [-0.2, 0) is 6.54 Å². The van der Waals surface area contributed by atoms with Gasteiger partial charge in [-0.1, -0.05) is 0 Å². The first kappa shape index (κ1) is 13.9. The fraction of sp³-hybridized carbons (Fsp3) is 0.154. The van der Waals surface area contributed by atoms with Crippen LogP contribution in [0.4, 0.5) is 14.5 Å². The molecule has 1 aromatic carbocycles. The van der Waals surface area contributed by atoms with Gasteiger partial charge >= 0.3 is 0 Å². The van der Waals surface area contributed by atoms with Gasteiger partial charge in [0.05, 0.1) is 5.69 Å². The van der Waals surface area contributed by atoms with E-state index in [0.29, 0.717) is 6.54 Å². The molecule has 2 rings (SSSR count). The van der Waals surface area contributed by atoms with E-state index in [4.69, 9.17) is 0 Å². The number of hydrogen-bond donors (Lipinski definition) is 1. The number of benzene rings is 1. The summed E-state index contributed by atoms with van der Waals surface area (Å²) in [4.78, 5) is 23.2. The summed E-state index contributed by atoms with van der Waals surface area (Å²) in [7, 11) is 0. The molecule has 0 saturated carbocycles. The number of nitrogens with zero attached hydrogens (tertiary/aromatic N) is 2. The molecule has 20 heavy (non-hydrogen) atoms. The molecule has 5 nitrogen and oxygen atoms in total. The monoisotopic (exact) mass is 279 g/mol. The highest BCUT2D eigenvalue weighted by Crippen LogP contribution is 2.15. The Kier molecular flexibility index (Phi) is 3.88. The van der Waals surface area contributed by atoms with Gasteiger partial charge < -0.3 is 5.32 Å². The van der Waals surface area contributed by atoms with Crippen LogP contribution < -0.4 is 10.9 Å². The quantitative estimate of drug-likeness (QED) is 0.931. The van der Waals surface area contributed by atoms with Crippen molar-refractivity contribution in [3.8, 4) is 0 Å². The maximum absolute atomic E-state index is 13.4. The number of nitrogens with one attached hydrogen (secondary N) is 1. The van der Waals surface area contributed by atoms with Crippen LogP contribution in [0.3, 0.4) is 0 Å². The number of amides is 1. The van der Waals surface area contributed by atoms with Crippen molar-refractivity contribution in [1.82, 2.24) is 9.78 Å². The SMILES string of the molecule is CCn1nc(C(=O)Nc2cc(F)ccc2F)ccc1=O. The van der Waals surface area contributed by atoms with Gasteiger partial charge in [0.25, 0.3) is 11.5 Å². The van der Waals surface area contributed by atoms with Crippen LogP contribution in [0.5, 0.6) is 0 Å². The second kappa shape index (κ2) is 5.60. The molecule has 0 fully saturated rings. The number of hydrogen-bond acceptors (Lipinski definition) is 3. The van der Waals surface area contributed by atoms with Crippen LogP contribution in [0, 0.1) is 11.6 Å². The van der Waals surface area contributed by atoms with Gasteiger partial charge in [-0.2, -0.15) is 5.10 Å². The Morgan fingerprint density at radius 1 is 1.30 bits per heavy atom. The van der Waals surface area contributed by atoms with Crippen LogP contribution in [0.25, 0.3) is 0 Å². The molecule has 0 saturated heterocycles. The Morgan fingerprint density at radius 3 is 2.75 bits per heavy atom. The van der Waals surface area contributed by atoms with E-state index in [2.05, 4.69) is 10.4 Å². The minimum atomic E-state index is -0.761. The predicted octanol–water partition coefficient (Wildman–Crippen LogP) is 1.79. The van der Waals surface area contributed by atoms with E-state index < -0.39 is 17.5 Å². The molecule has 0 aliphatic carbocycles. The molecule has 1 amide bonds. The molecular formula is C13H11F2N3O2. The van der Waals surface area contributed by atoms with Crippen LogP contribution in [0.2, 0.25) is 0 Å². The van der Waals surface area contributed by atoms with Gasteiger partial charge in [0.1, 0.15) is 17.3 Å². The van der Waals surface area contributed by atoms with E-state index in [0.717, 1.165) is 22.9 Å². The van der Waals surface area contributed by atoms with Gasteiger partial charge in [0, 0.05) is 18.7 Å². The maximum Gasteiger partial charge on any atom is 0.276 e. The standard InChI is InChI=1S/C13H11F2N3O2/c1-2-18-12(19)6-5-10(17-18)13(20)16-11-7-8(14)3-4-9(11)15/h3-7H,2H2,1H3,(H,16,20). The molecule has 104 valence electrons. The third-order valence-corrected chi connectivity index (χ3v) is 2.58. The lowest BCUT2D eigenvalue weighted by atomic mass is 10.2. The Hall–Kier alpha value is -2.57. The third kappa shape index (κ3) is 2.87. The van der Waals surface area contributed by atoms with Crippen LogP contribution in [0.15, 0.2) is 35.1 Å². The van der Waals surface area contributed by atoms with Crippen molar-refractivity contribution in [1.29, 1.82) is 0 Å². The van der Waals surface area contributed by atoms with E-state index >= 15 is 0 Å². The summed E-state index contributed by atoms with van der Waals surface area (Å²) in [5, 5.41) is 6.02. The summed E-state index contributed by atoms with van der Waals surface area (Å²) in [5.41, 5.74) is -0.692. The van der Waals surface area contributed by atoms with Gasteiger partial charge in [-0.05, 0) is 25.1 Å². The molecule has 1 N–H and O–H groups in total. The second-order valence-corrected chi connectivity index (χ2v) is 3.95. The zero-order valence-corrected chi connectivity index (χ0v) is 10.6. The molecule has 0 aliphatic heterocycles. The number of carbonyl (C=O) groups is 1. The van der Waals surface area contributed by atoms with Gasteiger partial charge in [-0.25, -0.2) is 13.5 Å². The average Bonchev–Trinajstić information content (AvgIpc) is 2.43. The number of rotatable bonds is 3. The number of aryl methyl sites for hydroxylation is 1. The van der Waals surface area contributed by atoms with Crippen molar-refractivity contribution in [2.75, 3.05) is 5.32 Å². The molecule has 7 heteroatoms. The number of aromatic nitrogens is 2. The highest BCUT2D eigenvalue weighted by atomic mass is 19.1. The van der Waals surface area contributed by atoms with Crippen molar-refractivity contribution in [3.63, 3.8) is 0 Å². The maximum atomic E-state index is 13.4. The molecule has 0 radical (unpaired) electrons. The zero-order valence-electron chi connectivity index (χ0n) is 10.6. The first-order valence-corrected chi connectivity index (χ1v) is 5.86. The van der Waals surface area contributed by atoms with Crippen molar-refractivity contribution in [2.24, 2.45) is 0 Å². The van der Waals surface area contributed by atoms with Crippen molar-refractivity contribution in [2.45, 2.75) is 13.5 Å².